The molecule has 0 saturated heterocycles. The third-order valence-corrected chi connectivity index (χ3v) is 6.24. The average molecular weight is 354 g/mol. The fraction of sp³-hybridized carbons (Fsp3) is 0.545. The molecule has 3 rings (SSSR count). The zero-order chi connectivity index (χ0) is 18.7. The van der Waals surface area contributed by atoms with Gasteiger partial charge in [0, 0.05) is 30.7 Å². The van der Waals surface area contributed by atoms with Crippen LogP contribution in [0.15, 0.2) is 36.5 Å². The van der Waals surface area contributed by atoms with Crippen LogP contribution in [0.1, 0.15) is 57.9 Å². The van der Waals surface area contributed by atoms with Gasteiger partial charge >= 0.3 is 0 Å². The van der Waals surface area contributed by atoms with Crippen LogP contribution in [0.25, 0.3) is 10.9 Å². The van der Waals surface area contributed by atoms with Crippen molar-refractivity contribution < 1.29 is 9.90 Å². The molecule has 1 aliphatic rings. The summed E-state index contributed by atoms with van der Waals surface area (Å²) in [5.74, 6) is 1.05. The first-order valence-electron chi connectivity index (χ1n) is 9.71. The van der Waals surface area contributed by atoms with Gasteiger partial charge in [0.1, 0.15) is 0 Å². The minimum absolute atomic E-state index is 0.0226. The number of aliphatic hydroxyl groups excluding tert-OH is 1. The van der Waals surface area contributed by atoms with E-state index in [1.165, 1.54) is 10.9 Å². The summed E-state index contributed by atoms with van der Waals surface area (Å²) in [5, 5.41) is 14.2. The van der Waals surface area contributed by atoms with E-state index in [4.69, 9.17) is 0 Å². The van der Waals surface area contributed by atoms with E-state index >= 15 is 0 Å². The summed E-state index contributed by atoms with van der Waals surface area (Å²) in [6.07, 6.45) is 5.58. The van der Waals surface area contributed by atoms with Crippen LogP contribution in [0, 0.1) is 11.8 Å². The number of hydrogen-bond acceptors (Lipinski definition) is 3. The Bertz CT molecular complexity index is 768. The zero-order valence-corrected chi connectivity index (χ0v) is 16.0. The topological polar surface area (TPSA) is 62.2 Å². The summed E-state index contributed by atoms with van der Waals surface area (Å²) in [4.78, 5) is 16.4. The standard InChI is InChI=1S/C22H30N2O2/c1-15(2)22(24-16(3)26)11-8-17(14-18(22)10-13-25)19-9-12-23-21-7-5-4-6-20(19)21/h4-7,9,12,15,17-18,25H,8,10-11,13-14H2,1-3H3,(H,24,26). The summed E-state index contributed by atoms with van der Waals surface area (Å²) in [7, 11) is 0. The Morgan fingerprint density at radius 1 is 1.35 bits per heavy atom. The molecule has 140 valence electrons. The number of fused-ring (bicyclic) bond motifs is 1. The Labute approximate surface area is 156 Å². The SMILES string of the molecule is CC(=O)NC1(C(C)C)CCC(c2ccnc3ccccc23)CC1CCO. The van der Waals surface area contributed by atoms with E-state index in [-0.39, 0.29) is 24.0 Å². The van der Waals surface area contributed by atoms with Crippen LogP contribution in [-0.4, -0.2) is 28.1 Å². The van der Waals surface area contributed by atoms with Crippen LogP contribution in [0.4, 0.5) is 0 Å². The van der Waals surface area contributed by atoms with Crippen molar-refractivity contribution in [2.75, 3.05) is 6.61 Å². The van der Waals surface area contributed by atoms with Gasteiger partial charge in [0.15, 0.2) is 0 Å². The van der Waals surface area contributed by atoms with Gasteiger partial charge in [0.2, 0.25) is 5.91 Å². The lowest BCUT2D eigenvalue weighted by Crippen LogP contribution is -2.59. The summed E-state index contributed by atoms with van der Waals surface area (Å²) in [6, 6.07) is 10.4. The molecule has 2 aromatic rings. The molecule has 4 nitrogen and oxygen atoms in total. The minimum Gasteiger partial charge on any atom is -0.396 e. The molecule has 2 N–H and O–H groups in total. The number of amides is 1. The van der Waals surface area contributed by atoms with Crippen molar-refractivity contribution in [2.45, 2.75) is 57.9 Å². The van der Waals surface area contributed by atoms with E-state index < -0.39 is 0 Å². The van der Waals surface area contributed by atoms with Crippen LogP contribution in [0.2, 0.25) is 0 Å². The molecule has 1 aromatic heterocycles. The number of hydrogen-bond donors (Lipinski definition) is 2. The number of pyridine rings is 1. The van der Waals surface area contributed by atoms with Crippen LogP contribution < -0.4 is 5.32 Å². The normalized spacial score (nSPS) is 26.2. The molecular formula is C22H30N2O2. The van der Waals surface area contributed by atoms with Gasteiger partial charge in [-0.25, -0.2) is 0 Å². The summed E-state index contributed by atoms with van der Waals surface area (Å²) in [6.45, 7) is 6.12. The second-order valence-corrected chi connectivity index (χ2v) is 7.97. The minimum atomic E-state index is -0.228. The Morgan fingerprint density at radius 2 is 2.12 bits per heavy atom. The number of carbonyl (C=O) groups excluding carboxylic acids is 1. The molecule has 1 aromatic carbocycles. The molecule has 1 fully saturated rings. The molecule has 0 radical (unpaired) electrons. The van der Waals surface area contributed by atoms with Crippen molar-refractivity contribution in [1.29, 1.82) is 0 Å². The molecule has 1 aliphatic carbocycles. The van der Waals surface area contributed by atoms with E-state index in [1.807, 2.05) is 12.3 Å². The third kappa shape index (κ3) is 3.48. The number of rotatable bonds is 5. The van der Waals surface area contributed by atoms with Gasteiger partial charge in [-0.15, -0.1) is 0 Å². The Hall–Kier alpha value is -1.94. The van der Waals surface area contributed by atoms with E-state index in [2.05, 4.69) is 48.4 Å². The third-order valence-electron chi connectivity index (χ3n) is 6.24. The van der Waals surface area contributed by atoms with Crippen LogP contribution in [0.3, 0.4) is 0 Å². The number of aliphatic hydroxyl groups is 1. The number of nitrogens with one attached hydrogen (secondary N) is 1. The highest BCUT2D eigenvalue weighted by atomic mass is 16.3. The van der Waals surface area contributed by atoms with Crippen LogP contribution in [-0.2, 0) is 4.79 Å². The van der Waals surface area contributed by atoms with Gasteiger partial charge in [-0.3, -0.25) is 9.78 Å². The highest BCUT2D eigenvalue weighted by Crippen LogP contribution is 2.47. The number of aromatic nitrogens is 1. The first kappa shape index (κ1) is 18.8. The Kier molecular flexibility index (Phi) is 5.61. The number of benzene rings is 1. The first-order valence-corrected chi connectivity index (χ1v) is 9.71. The van der Waals surface area contributed by atoms with Gasteiger partial charge in [0.25, 0.3) is 0 Å². The molecule has 26 heavy (non-hydrogen) atoms. The maximum Gasteiger partial charge on any atom is 0.217 e. The molecule has 3 unspecified atom stereocenters. The van der Waals surface area contributed by atoms with Crippen LogP contribution >= 0.6 is 0 Å². The molecule has 0 aliphatic heterocycles. The molecule has 1 heterocycles. The molecule has 0 bridgehead atoms. The fourth-order valence-electron chi connectivity index (χ4n) is 4.97. The monoisotopic (exact) mass is 354 g/mol. The number of nitrogens with zero attached hydrogens (tertiary/aromatic N) is 1. The molecule has 3 atom stereocenters. The lowest BCUT2D eigenvalue weighted by Gasteiger charge is -2.50. The second kappa shape index (κ2) is 7.75. The lowest BCUT2D eigenvalue weighted by molar-refractivity contribution is -0.123. The van der Waals surface area contributed by atoms with Crippen molar-refractivity contribution in [3.8, 4) is 0 Å². The average Bonchev–Trinajstić information content (AvgIpc) is 2.62. The van der Waals surface area contributed by atoms with Gasteiger partial charge in [0.05, 0.1) is 5.52 Å². The first-order chi connectivity index (χ1) is 12.5. The van der Waals surface area contributed by atoms with E-state index in [0.29, 0.717) is 11.8 Å². The fourth-order valence-corrected chi connectivity index (χ4v) is 4.97. The van der Waals surface area contributed by atoms with Gasteiger partial charge in [-0.1, -0.05) is 32.0 Å². The summed E-state index contributed by atoms with van der Waals surface area (Å²) >= 11 is 0. The molecule has 1 saturated carbocycles. The molecule has 1 amide bonds. The number of carbonyl (C=O) groups is 1. The highest BCUT2D eigenvalue weighted by molar-refractivity contribution is 5.82. The van der Waals surface area contributed by atoms with Crippen molar-refractivity contribution in [3.05, 3.63) is 42.1 Å². The van der Waals surface area contributed by atoms with E-state index in [1.54, 1.807) is 6.92 Å². The van der Waals surface area contributed by atoms with Gasteiger partial charge < -0.3 is 10.4 Å². The zero-order valence-electron chi connectivity index (χ0n) is 16.0. The maximum absolute atomic E-state index is 11.9. The largest absolute Gasteiger partial charge is 0.396 e. The number of para-hydroxylation sites is 1. The predicted octanol–water partition coefficient (Wildman–Crippen LogP) is 4.03. The Morgan fingerprint density at radius 3 is 2.81 bits per heavy atom. The molecular weight excluding hydrogens is 324 g/mol. The molecule has 0 spiro atoms. The van der Waals surface area contributed by atoms with E-state index in [0.717, 1.165) is 31.2 Å². The summed E-state index contributed by atoms with van der Waals surface area (Å²) in [5.41, 5.74) is 2.15. The summed E-state index contributed by atoms with van der Waals surface area (Å²) < 4.78 is 0. The Balaban J connectivity index is 1.95. The smallest absolute Gasteiger partial charge is 0.217 e. The second-order valence-electron chi connectivity index (χ2n) is 7.97. The quantitative estimate of drug-likeness (QED) is 0.852. The maximum atomic E-state index is 11.9. The van der Waals surface area contributed by atoms with Crippen molar-refractivity contribution in [2.24, 2.45) is 11.8 Å². The van der Waals surface area contributed by atoms with Crippen molar-refractivity contribution >= 4 is 16.8 Å². The lowest BCUT2D eigenvalue weighted by atomic mass is 9.61. The van der Waals surface area contributed by atoms with Gasteiger partial charge in [-0.2, -0.15) is 0 Å². The van der Waals surface area contributed by atoms with E-state index in [9.17, 15) is 9.90 Å². The van der Waals surface area contributed by atoms with Crippen LogP contribution in [0.5, 0.6) is 0 Å². The highest BCUT2D eigenvalue weighted by Gasteiger charge is 2.46. The van der Waals surface area contributed by atoms with Crippen molar-refractivity contribution in [1.82, 2.24) is 10.3 Å². The van der Waals surface area contributed by atoms with Gasteiger partial charge in [-0.05, 0) is 61.1 Å². The molecule has 4 heteroatoms. The van der Waals surface area contributed by atoms with Crippen molar-refractivity contribution in [3.63, 3.8) is 0 Å². The predicted molar refractivity (Wildman–Crippen MR) is 105 cm³/mol.